The molecule has 0 bridgehead atoms. The standard InChI is InChI=1S/C13H17F2N3O/c1-16-10-4-6-18(7-5-10)13(19)17-12-3-2-9(14)8-11(12)15/h2-3,8,10,16H,4-7H2,1H3,(H,17,19). The lowest BCUT2D eigenvalue weighted by atomic mass is 10.1. The van der Waals surface area contributed by atoms with E-state index in [9.17, 15) is 13.6 Å². The molecule has 1 fully saturated rings. The van der Waals surface area contributed by atoms with E-state index in [2.05, 4.69) is 10.6 Å². The second-order valence-corrected chi connectivity index (χ2v) is 4.60. The monoisotopic (exact) mass is 269 g/mol. The summed E-state index contributed by atoms with van der Waals surface area (Å²) < 4.78 is 26.2. The highest BCUT2D eigenvalue weighted by Crippen LogP contribution is 2.17. The predicted octanol–water partition coefficient (Wildman–Crippen LogP) is 2.18. The van der Waals surface area contributed by atoms with E-state index in [4.69, 9.17) is 0 Å². The molecule has 0 spiro atoms. The third kappa shape index (κ3) is 3.41. The minimum Gasteiger partial charge on any atom is -0.324 e. The van der Waals surface area contributed by atoms with Gasteiger partial charge in [0.25, 0.3) is 0 Å². The van der Waals surface area contributed by atoms with Gasteiger partial charge in [-0.05, 0) is 32.0 Å². The zero-order valence-corrected chi connectivity index (χ0v) is 10.7. The van der Waals surface area contributed by atoms with Crippen LogP contribution in [-0.2, 0) is 0 Å². The zero-order valence-electron chi connectivity index (χ0n) is 10.7. The Bertz CT molecular complexity index is 459. The zero-order chi connectivity index (χ0) is 13.8. The number of likely N-dealkylation sites (tertiary alicyclic amines) is 1. The highest BCUT2D eigenvalue weighted by atomic mass is 19.1. The lowest BCUT2D eigenvalue weighted by molar-refractivity contribution is 0.190. The van der Waals surface area contributed by atoms with Crippen LogP contribution in [0.15, 0.2) is 18.2 Å². The lowest BCUT2D eigenvalue weighted by Gasteiger charge is -2.31. The van der Waals surface area contributed by atoms with Crippen LogP contribution < -0.4 is 10.6 Å². The molecule has 0 aliphatic carbocycles. The van der Waals surface area contributed by atoms with E-state index in [1.807, 2.05) is 7.05 Å². The number of anilines is 1. The number of amides is 2. The minimum absolute atomic E-state index is 0.00198. The Morgan fingerprint density at radius 2 is 2.00 bits per heavy atom. The lowest BCUT2D eigenvalue weighted by Crippen LogP contribution is -2.45. The first-order chi connectivity index (χ1) is 9.10. The Balaban J connectivity index is 1.94. The number of carbonyl (C=O) groups excluding carboxylic acids is 1. The molecule has 19 heavy (non-hydrogen) atoms. The Morgan fingerprint density at radius 3 is 2.58 bits per heavy atom. The molecule has 0 aromatic heterocycles. The topological polar surface area (TPSA) is 44.4 Å². The van der Waals surface area contributed by atoms with Gasteiger partial charge in [0.1, 0.15) is 11.6 Å². The van der Waals surface area contributed by atoms with Gasteiger partial charge in [-0.3, -0.25) is 0 Å². The third-order valence-electron chi connectivity index (χ3n) is 3.36. The normalized spacial score (nSPS) is 16.5. The number of urea groups is 1. The van der Waals surface area contributed by atoms with Crippen LogP contribution in [0.1, 0.15) is 12.8 Å². The molecule has 2 rings (SSSR count). The Morgan fingerprint density at radius 1 is 1.32 bits per heavy atom. The fourth-order valence-electron chi connectivity index (χ4n) is 2.16. The van der Waals surface area contributed by atoms with Crippen molar-refractivity contribution in [2.75, 3.05) is 25.5 Å². The predicted molar refractivity (Wildman–Crippen MR) is 69.0 cm³/mol. The van der Waals surface area contributed by atoms with Crippen molar-refractivity contribution in [2.24, 2.45) is 0 Å². The van der Waals surface area contributed by atoms with Gasteiger partial charge in [0.05, 0.1) is 5.69 Å². The number of carbonyl (C=O) groups is 1. The second kappa shape index (κ2) is 5.97. The summed E-state index contributed by atoms with van der Waals surface area (Å²) in [5.41, 5.74) is 0.00198. The quantitative estimate of drug-likeness (QED) is 0.864. The van der Waals surface area contributed by atoms with Crippen molar-refractivity contribution < 1.29 is 13.6 Å². The average Bonchev–Trinajstić information content (AvgIpc) is 2.42. The van der Waals surface area contributed by atoms with E-state index in [1.165, 1.54) is 6.07 Å². The number of rotatable bonds is 2. The van der Waals surface area contributed by atoms with Crippen molar-refractivity contribution in [1.29, 1.82) is 0 Å². The molecule has 0 saturated carbocycles. The number of nitrogens with one attached hydrogen (secondary N) is 2. The van der Waals surface area contributed by atoms with Crippen LogP contribution in [-0.4, -0.2) is 37.1 Å². The van der Waals surface area contributed by atoms with Gasteiger partial charge in [0.2, 0.25) is 0 Å². The first-order valence-corrected chi connectivity index (χ1v) is 6.28. The fraction of sp³-hybridized carbons (Fsp3) is 0.462. The van der Waals surface area contributed by atoms with Crippen molar-refractivity contribution in [3.8, 4) is 0 Å². The van der Waals surface area contributed by atoms with Crippen LogP contribution in [0.2, 0.25) is 0 Å². The Hall–Kier alpha value is -1.69. The van der Waals surface area contributed by atoms with Gasteiger partial charge < -0.3 is 15.5 Å². The number of hydrogen-bond donors (Lipinski definition) is 2. The molecule has 1 aliphatic heterocycles. The molecular formula is C13H17F2N3O. The number of halogens is 2. The summed E-state index contributed by atoms with van der Waals surface area (Å²) in [6.07, 6.45) is 1.74. The van der Waals surface area contributed by atoms with E-state index in [1.54, 1.807) is 4.90 Å². The van der Waals surface area contributed by atoms with Crippen molar-refractivity contribution in [2.45, 2.75) is 18.9 Å². The molecule has 104 valence electrons. The summed E-state index contributed by atoms with van der Waals surface area (Å²) in [6.45, 7) is 1.25. The summed E-state index contributed by atoms with van der Waals surface area (Å²) in [5.74, 6) is -1.43. The summed E-state index contributed by atoms with van der Waals surface area (Å²) in [6, 6.07) is 3.17. The van der Waals surface area contributed by atoms with Gasteiger partial charge in [-0.15, -0.1) is 0 Å². The smallest absolute Gasteiger partial charge is 0.321 e. The summed E-state index contributed by atoms with van der Waals surface area (Å²) in [7, 11) is 1.90. The van der Waals surface area contributed by atoms with Gasteiger partial charge in [0, 0.05) is 25.2 Å². The number of nitrogens with zero attached hydrogens (tertiary/aromatic N) is 1. The van der Waals surface area contributed by atoms with E-state index < -0.39 is 11.6 Å². The maximum atomic E-state index is 13.4. The van der Waals surface area contributed by atoms with Crippen LogP contribution in [0.25, 0.3) is 0 Å². The molecular weight excluding hydrogens is 252 g/mol. The van der Waals surface area contributed by atoms with Crippen molar-refractivity contribution in [3.05, 3.63) is 29.8 Å². The summed E-state index contributed by atoms with van der Waals surface area (Å²) in [5, 5.41) is 5.63. The summed E-state index contributed by atoms with van der Waals surface area (Å²) in [4.78, 5) is 13.6. The molecule has 2 amide bonds. The van der Waals surface area contributed by atoms with E-state index >= 15 is 0 Å². The fourth-order valence-corrected chi connectivity index (χ4v) is 2.16. The highest BCUT2D eigenvalue weighted by molar-refractivity contribution is 5.89. The molecule has 1 saturated heterocycles. The minimum atomic E-state index is -0.765. The van der Waals surface area contributed by atoms with Gasteiger partial charge in [0.15, 0.2) is 0 Å². The molecule has 1 aliphatic rings. The Kier molecular flexibility index (Phi) is 4.31. The van der Waals surface area contributed by atoms with Crippen LogP contribution in [0.5, 0.6) is 0 Å². The molecule has 0 unspecified atom stereocenters. The van der Waals surface area contributed by atoms with Crippen LogP contribution in [0.3, 0.4) is 0 Å². The first-order valence-electron chi connectivity index (χ1n) is 6.28. The van der Waals surface area contributed by atoms with Gasteiger partial charge in [-0.25, -0.2) is 13.6 Å². The third-order valence-corrected chi connectivity index (χ3v) is 3.36. The summed E-state index contributed by atoms with van der Waals surface area (Å²) >= 11 is 0. The molecule has 4 nitrogen and oxygen atoms in total. The highest BCUT2D eigenvalue weighted by Gasteiger charge is 2.22. The van der Waals surface area contributed by atoms with Crippen molar-refractivity contribution >= 4 is 11.7 Å². The molecule has 1 aromatic carbocycles. The second-order valence-electron chi connectivity index (χ2n) is 4.60. The van der Waals surface area contributed by atoms with Gasteiger partial charge >= 0.3 is 6.03 Å². The van der Waals surface area contributed by atoms with Crippen LogP contribution in [0.4, 0.5) is 19.3 Å². The van der Waals surface area contributed by atoms with Gasteiger partial charge in [-0.1, -0.05) is 0 Å². The molecule has 2 N–H and O–H groups in total. The molecule has 0 radical (unpaired) electrons. The maximum absolute atomic E-state index is 13.4. The molecule has 1 heterocycles. The Labute approximate surface area is 110 Å². The number of hydrogen-bond acceptors (Lipinski definition) is 2. The molecule has 1 aromatic rings. The molecule has 6 heteroatoms. The SMILES string of the molecule is CNC1CCN(C(=O)Nc2ccc(F)cc2F)CC1. The van der Waals surface area contributed by atoms with E-state index in [0.717, 1.165) is 25.0 Å². The van der Waals surface area contributed by atoms with Crippen LogP contribution >= 0.6 is 0 Å². The molecule has 0 atom stereocenters. The average molecular weight is 269 g/mol. The van der Waals surface area contributed by atoms with Crippen molar-refractivity contribution in [3.63, 3.8) is 0 Å². The van der Waals surface area contributed by atoms with Crippen LogP contribution in [0, 0.1) is 11.6 Å². The van der Waals surface area contributed by atoms with Gasteiger partial charge in [-0.2, -0.15) is 0 Å². The van der Waals surface area contributed by atoms with E-state index in [-0.39, 0.29) is 11.7 Å². The largest absolute Gasteiger partial charge is 0.324 e. The first kappa shape index (κ1) is 13.7. The van der Waals surface area contributed by atoms with Crippen molar-refractivity contribution in [1.82, 2.24) is 10.2 Å². The van der Waals surface area contributed by atoms with E-state index in [0.29, 0.717) is 19.1 Å². The number of benzene rings is 1. The maximum Gasteiger partial charge on any atom is 0.321 e. The number of piperidine rings is 1.